The number of benzene rings is 1. The van der Waals surface area contributed by atoms with E-state index >= 15 is 0 Å². The Balaban J connectivity index is 1.50. The molecule has 0 aliphatic rings. The summed E-state index contributed by atoms with van der Waals surface area (Å²) in [5.41, 5.74) is 2.12. The Hall–Kier alpha value is -2.53. The maximum absolute atomic E-state index is 4.41. The van der Waals surface area contributed by atoms with Crippen molar-refractivity contribution >= 4 is 0 Å². The lowest BCUT2D eigenvalue weighted by atomic mass is 10.2. The zero-order chi connectivity index (χ0) is 14.3. The maximum Gasteiger partial charge on any atom is 0.159 e. The third-order valence-corrected chi connectivity index (χ3v) is 3.14. The normalized spacial score (nSPS) is 10.7. The van der Waals surface area contributed by atoms with Crippen molar-refractivity contribution in [2.75, 3.05) is 6.54 Å². The molecule has 0 amide bonds. The van der Waals surface area contributed by atoms with E-state index in [2.05, 4.69) is 20.4 Å². The maximum atomic E-state index is 4.41. The minimum absolute atomic E-state index is 0.760. The highest BCUT2D eigenvalue weighted by Crippen LogP contribution is 2.12. The number of aromatic nitrogens is 4. The van der Waals surface area contributed by atoms with Crippen molar-refractivity contribution in [2.45, 2.75) is 13.1 Å². The van der Waals surface area contributed by atoms with Crippen molar-refractivity contribution < 1.29 is 0 Å². The van der Waals surface area contributed by atoms with Gasteiger partial charge in [0.1, 0.15) is 0 Å². The summed E-state index contributed by atoms with van der Waals surface area (Å²) in [7, 11) is 0. The molecule has 2 heterocycles. The lowest BCUT2D eigenvalue weighted by Gasteiger charge is -2.05. The fraction of sp³-hybridized carbons (Fsp3) is 0.188. The summed E-state index contributed by atoms with van der Waals surface area (Å²) in [5, 5.41) is 7.52. The van der Waals surface area contributed by atoms with Gasteiger partial charge in [0, 0.05) is 49.0 Å². The van der Waals surface area contributed by atoms with Crippen molar-refractivity contribution in [2.24, 2.45) is 0 Å². The van der Waals surface area contributed by atoms with Gasteiger partial charge in [0.2, 0.25) is 0 Å². The smallest absolute Gasteiger partial charge is 0.159 e. The van der Waals surface area contributed by atoms with Crippen molar-refractivity contribution in [1.29, 1.82) is 0 Å². The molecule has 3 aromatic rings. The van der Waals surface area contributed by atoms with Gasteiger partial charge in [-0.05, 0) is 6.07 Å². The molecule has 3 rings (SSSR count). The first-order valence-corrected chi connectivity index (χ1v) is 6.96. The quantitative estimate of drug-likeness (QED) is 0.702. The van der Waals surface area contributed by atoms with Crippen LogP contribution in [0.3, 0.4) is 0 Å². The summed E-state index contributed by atoms with van der Waals surface area (Å²) in [5.74, 6) is 0.760. The van der Waals surface area contributed by atoms with Crippen molar-refractivity contribution in [1.82, 2.24) is 25.1 Å². The van der Waals surface area contributed by atoms with Crippen LogP contribution in [0.1, 0.15) is 5.56 Å². The van der Waals surface area contributed by atoms with Crippen LogP contribution in [0.25, 0.3) is 11.4 Å². The minimum atomic E-state index is 0.760. The number of rotatable bonds is 6. The van der Waals surface area contributed by atoms with E-state index in [1.807, 2.05) is 59.7 Å². The Bertz CT molecular complexity index is 647. The Morgan fingerprint density at radius 3 is 2.52 bits per heavy atom. The molecule has 0 aliphatic heterocycles. The third kappa shape index (κ3) is 3.73. The average molecular weight is 279 g/mol. The molecule has 0 atom stereocenters. The van der Waals surface area contributed by atoms with Crippen LogP contribution < -0.4 is 5.32 Å². The summed E-state index contributed by atoms with van der Waals surface area (Å²) in [6.07, 6.45) is 7.49. The van der Waals surface area contributed by atoms with E-state index in [1.165, 1.54) is 0 Å². The van der Waals surface area contributed by atoms with Gasteiger partial charge in [-0.15, -0.1) is 0 Å². The Morgan fingerprint density at radius 1 is 1.00 bits per heavy atom. The van der Waals surface area contributed by atoms with Gasteiger partial charge in [-0.25, -0.2) is 9.97 Å². The molecule has 5 heteroatoms. The van der Waals surface area contributed by atoms with E-state index in [4.69, 9.17) is 0 Å². The van der Waals surface area contributed by atoms with Crippen molar-refractivity contribution in [3.05, 3.63) is 66.7 Å². The molecular weight excluding hydrogens is 262 g/mol. The number of hydrogen-bond acceptors (Lipinski definition) is 4. The molecule has 5 nitrogen and oxygen atoms in total. The van der Waals surface area contributed by atoms with Gasteiger partial charge in [0.25, 0.3) is 0 Å². The van der Waals surface area contributed by atoms with E-state index in [0.717, 1.165) is 36.6 Å². The first-order valence-electron chi connectivity index (χ1n) is 6.96. The van der Waals surface area contributed by atoms with Gasteiger partial charge in [-0.2, -0.15) is 5.10 Å². The number of nitrogens with zero attached hydrogens (tertiary/aromatic N) is 4. The van der Waals surface area contributed by atoms with Gasteiger partial charge in [0.15, 0.2) is 5.82 Å². The van der Waals surface area contributed by atoms with Gasteiger partial charge in [-0.3, -0.25) is 4.68 Å². The molecular formula is C16H17N5. The third-order valence-electron chi connectivity index (χ3n) is 3.14. The highest BCUT2D eigenvalue weighted by Gasteiger charge is 2.00. The van der Waals surface area contributed by atoms with Crippen LogP contribution in [0.5, 0.6) is 0 Å². The van der Waals surface area contributed by atoms with Crippen LogP contribution in [0, 0.1) is 0 Å². The van der Waals surface area contributed by atoms with E-state index in [-0.39, 0.29) is 0 Å². The minimum Gasteiger partial charge on any atom is -0.311 e. The Morgan fingerprint density at radius 2 is 1.81 bits per heavy atom. The van der Waals surface area contributed by atoms with Gasteiger partial charge in [-0.1, -0.05) is 30.3 Å². The SMILES string of the molecule is c1ccc(-c2ncc(CNCCn3cccn3)cn2)cc1. The summed E-state index contributed by atoms with van der Waals surface area (Å²) in [6.45, 7) is 2.48. The monoisotopic (exact) mass is 279 g/mol. The zero-order valence-electron chi connectivity index (χ0n) is 11.7. The highest BCUT2D eigenvalue weighted by molar-refractivity contribution is 5.53. The van der Waals surface area contributed by atoms with Crippen LogP contribution in [-0.2, 0) is 13.1 Å². The molecule has 0 bridgehead atoms. The molecule has 0 spiro atoms. The molecule has 0 fully saturated rings. The zero-order valence-corrected chi connectivity index (χ0v) is 11.7. The molecule has 21 heavy (non-hydrogen) atoms. The summed E-state index contributed by atoms with van der Waals surface area (Å²) in [4.78, 5) is 8.82. The van der Waals surface area contributed by atoms with Crippen LogP contribution in [0.4, 0.5) is 0 Å². The molecule has 1 aromatic carbocycles. The first kappa shape index (κ1) is 13.5. The first-order chi connectivity index (χ1) is 10.4. The van der Waals surface area contributed by atoms with Crippen LogP contribution >= 0.6 is 0 Å². The van der Waals surface area contributed by atoms with Crippen LogP contribution in [0.15, 0.2) is 61.2 Å². The van der Waals surface area contributed by atoms with E-state index < -0.39 is 0 Å². The summed E-state index contributed by atoms with van der Waals surface area (Å²) in [6, 6.07) is 11.9. The van der Waals surface area contributed by atoms with E-state index in [0.29, 0.717) is 0 Å². The van der Waals surface area contributed by atoms with Gasteiger partial charge in [0.05, 0.1) is 6.54 Å². The average Bonchev–Trinajstić information content (AvgIpc) is 3.06. The van der Waals surface area contributed by atoms with Gasteiger partial charge < -0.3 is 5.32 Å². The number of hydrogen-bond donors (Lipinski definition) is 1. The molecule has 0 saturated carbocycles. The second-order valence-electron chi connectivity index (χ2n) is 4.73. The Kier molecular flexibility index (Phi) is 4.33. The topological polar surface area (TPSA) is 55.6 Å². The largest absolute Gasteiger partial charge is 0.311 e. The molecule has 2 aromatic heterocycles. The molecule has 0 unspecified atom stereocenters. The molecule has 0 aliphatic carbocycles. The molecule has 0 saturated heterocycles. The standard InChI is InChI=1S/C16H17N5/c1-2-5-15(6-3-1)16-18-12-14(13-19-16)11-17-8-10-21-9-4-7-20-21/h1-7,9,12-13,17H,8,10-11H2. The van der Waals surface area contributed by atoms with Crippen molar-refractivity contribution in [3.63, 3.8) is 0 Å². The summed E-state index contributed by atoms with van der Waals surface area (Å²) >= 11 is 0. The lowest BCUT2D eigenvalue weighted by molar-refractivity contribution is 0.554. The predicted octanol–water partition coefficient (Wildman–Crippen LogP) is 2.13. The lowest BCUT2D eigenvalue weighted by Crippen LogP contribution is -2.19. The second kappa shape index (κ2) is 6.76. The number of nitrogens with one attached hydrogen (secondary N) is 1. The fourth-order valence-corrected chi connectivity index (χ4v) is 2.04. The predicted molar refractivity (Wildman–Crippen MR) is 81.4 cm³/mol. The molecule has 0 radical (unpaired) electrons. The van der Waals surface area contributed by atoms with Gasteiger partial charge >= 0.3 is 0 Å². The fourth-order valence-electron chi connectivity index (χ4n) is 2.04. The molecule has 1 N–H and O–H groups in total. The van der Waals surface area contributed by atoms with Crippen molar-refractivity contribution in [3.8, 4) is 11.4 Å². The highest BCUT2D eigenvalue weighted by atomic mass is 15.3. The van der Waals surface area contributed by atoms with Crippen LogP contribution in [0.2, 0.25) is 0 Å². The molecule has 106 valence electrons. The Labute approximate surface area is 123 Å². The summed E-state index contributed by atoms with van der Waals surface area (Å²) < 4.78 is 1.90. The van der Waals surface area contributed by atoms with E-state index in [9.17, 15) is 0 Å². The van der Waals surface area contributed by atoms with Crippen LogP contribution in [-0.4, -0.2) is 26.3 Å². The second-order valence-corrected chi connectivity index (χ2v) is 4.73. The van der Waals surface area contributed by atoms with E-state index in [1.54, 1.807) is 6.20 Å².